The van der Waals surface area contributed by atoms with E-state index in [-0.39, 0.29) is 13.9 Å². The number of rotatable bonds is 4. The minimum absolute atomic E-state index is 0.224. The molecule has 0 atom stereocenters. The minimum atomic E-state index is -0.319. The number of nitrogens with zero attached hydrogens (tertiary/aromatic N) is 1. The molecular formula is C19H24N3P. The quantitative estimate of drug-likeness (QED) is 0.516. The molecule has 23 heavy (non-hydrogen) atoms. The molecule has 2 aromatic carbocycles. The predicted octanol–water partition coefficient (Wildman–Crippen LogP) is 2.70. The number of aliphatic imine (C=N–C) groups is 1. The fourth-order valence-corrected chi connectivity index (χ4v) is 6.35. The van der Waals surface area contributed by atoms with Crippen LogP contribution >= 0.6 is 7.92 Å². The first kappa shape index (κ1) is 16.0. The molecule has 0 aromatic heterocycles. The van der Waals surface area contributed by atoms with Gasteiger partial charge in [-0.25, -0.2) is 0 Å². The Morgan fingerprint density at radius 1 is 0.783 bits per heavy atom. The Morgan fingerprint density at radius 3 is 1.70 bits per heavy atom. The normalized spacial score (nSPS) is 21.1. The Morgan fingerprint density at radius 2 is 1.26 bits per heavy atom. The van der Waals surface area contributed by atoms with Gasteiger partial charge in [-0.15, -0.1) is 0 Å². The lowest BCUT2D eigenvalue weighted by Gasteiger charge is -2.33. The molecule has 0 heterocycles. The van der Waals surface area contributed by atoms with Crippen LogP contribution in [-0.4, -0.2) is 17.7 Å². The molecule has 2 aromatic rings. The first-order valence-corrected chi connectivity index (χ1v) is 9.63. The molecule has 0 aliphatic heterocycles. The molecule has 3 rings (SSSR count). The van der Waals surface area contributed by atoms with Crippen molar-refractivity contribution >= 4 is 24.5 Å². The fourth-order valence-electron chi connectivity index (χ4n) is 3.40. The predicted molar refractivity (Wildman–Crippen MR) is 101 cm³/mol. The molecule has 0 bridgehead atoms. The lowest BCUT2D eigenvalue weighted by atomic mass is 9.95. The zero-order valence-electron chi connectivity index (χ0n) is 13.3. The molecule has 3 nitrogen and oxygen atoms in total. The van der Waals surface area contributed by atoms with Crippen LogP contribution in [0.3, 0.4) is 0 Å². The average molecular weight is 325 g/mol. The van der Waals surface area contributed by atoms with E-state index >= 15 is 0 Å². The summed E-state index contributed by atoms with van der Waals surface area (Å²) in [5.74, 6) is 0.224. The second-order valence-corrected chi connectivity index (χ2v) is 8.56. The molecule has 1 fully saturated rings. The van der Waals surface area contributed by atoms with Gasteiger partial charge in [0.25, 0.3) is 0 Å². The van der Waals surface area contributed by atoms with Crippen LogP contribution in [0.5, 0.6) is 0 Å². The van der Waals surface area contributed by atoms with Crippen molar-refractivity contribution < 1.29 is 0 Å². The van der Waals surface area contributed by atoms with E-state index in [1.165, 1.54) is 23.5 Å². The summed E-state index contributed by atoms with van der Waals surface area (Å²) in [4.78, 5) is 4.36. The van der Waals surface area contributed by atoms with Gasteiger partial charge in [0.1, 0.15) is 0 Å². The number of hydrogen-bond acceptors (Lipinski definition) is 1. The van der Waals surface area contributed by atoms with E-state index in [9.17, 15) is 0 Å². The van der Waals surface area contributed by atoms with Crippen LogP contribution in [0.1, 0.15) is 25.7 Å². The molecule has 4 N–H and O–H groups in total. The first-order chi connectivity index (χ1) is 11.2. The lowest BCUT2D eigenvalue weighted by Crippen LogP contribution is -2.30. The van der Waals surface area contributed by atoms with Crippen LogP contribution < -0.4 is 22.1 Å². The fraction of sp³-hybridized carbons (Fsp3) is 0.316. The van der Waals surface area contributed by atoms with Gasteiger partial charge in [0.2, 0.25) is 0 Å². The Balaban J connectivity index is 1.82. The van der Waals surface area contributed by atoms with Gasteiger partial charge in [-0.05, 0) is 49.9 Å². The average Bonchev–Trinajstić information content (AvgIpc) is 2.58. The van der Waals surface area contributed by atoms with Crippen molar-refractivity contribution in [2.45, 2.75) is 37.4 Å². The van der Waals surface area contributed by atoms with Crippen LogP contribution in [0.4, 0.5) is 0 Å². The topological polar surface area (TPSA) is 64.4 Å². The molecule has 1 aliphatic carbocycles. The summed E-state index contributed by atoms with van der Waals surface area (Å²) < 4.78 is 0. The maximum absolute atomic E-state index is 5.53. The van der Waals surface area contributed by atoms with E-state index in [0.29, 0.717) is 11.7 Å². The number of nitrogens with two attached hydrogens (primary N) is 2. The summed E-state index contributed by atoms with van der Waals surface area (Å²) >= 11 is 0. The van der Waals surface area contributed by atoms with Gasteiger partial charge in [0.15, 0.2) is 5.96 Å². The molecule has 4 heteroatoms. The number of guanidine groups is 1. The standard InChI is InChI=1S/C19H24N3P/c20-19(21)22-15-11-13-18(14-12-15)23(16-7-3-1-4-8-16)17-9-5-2-6-10-17/h1-10,15,18H,11-14H2,(H4,20,21,22). The number of benzene rings is 2. The molecule has 1 aliphatic rings. The zero-order chi connectivity index (χ0) is 16.1. The van der Waals surface area contributed by atoms with Crippen LogP contribution in [0.2, 0.25) is 0 Å². The van der Waals surface area contributed by atoms with Crippen molar-refractivity contribution in [2.75, 3.05) is 0 Å². The van der Waals surface area contributed by atoms with Gasteiger partial charge in [-0.2, -0.15) is 0 Å². The van der Waals surface area contributed by atoms with Crippen molar-refractivity contribution in [3.8, 4) is 0 Å². The highest BCUT2D eigenvalue weighted by Crippen LogP contribution is 2.46. The Bertz CT molecular complexity index is 591. The van der Waals surface area contributed by atoms with Crippen LogP contribution in [-0.2, 0) is 0 Å². The monoisotopic (exact) mass is 325 g/mol. The zero-order valence-corrected chi connectivity index (χ0v) is 14.2. The van der Waals surface area contributed by atoms with Crippen molar-refractivity contribution in [1.82, 2.24) is 0 Å². The molecule has 0 spiro atoms. The van der Waals surface area contributed by atoms with Crippen LogP contribution in [0, 0.1) is 0 Å². The van der Waals surface area contributed by atoms with Gasteiger partial charge in [0, 0.05) is 0 Å². The highest BCUT2D eigenvalue weighted by molar-refractivity contribution is 7.73. The highest BCUT2D eigenvalue weighted by atomic mass is 31.1. The maximum Gasteiger partial charge on any atom is 0.186 e. The summed E-state index contributed by atoms with van der Waals surface area (Å²) in [6.45, 7) is 0. The first-order valence-electron chi connectivity index (χ1n) is 8.22. The van der Waals surface area contributed by atoms with E-state index in [0.717, 1.165) is 12.8 Å². The molecule has 0 radical (unpaired) electrons. The minimum Gasteiger partial charge on any atom is -0.370 e. The third kappa shape index (κ3) is 4.11. The maximum atomic E-state index is 5.53. The lowest BCUT2D eigenvalue weighted by molar-refractivity contribution is 0.450. The molecule has 0 unspecified atom stereocenters. The summed E-state index contributed by atoms with van der Waals surface area (Å²) in [5, 5.41) is 2.94. The van der Waals surface area contributed by atoms with E-state index in [4.69, 9.17) is 11.5 Å². The van der Waals surface area contributed by atoms with Crippen molar-refractivity contribution in [1.29, 1.82) is 0 Å². The summed E-state index contributed by atoms with van der Waals surface area (Å²) in [6, 6.07) is 22.2. The molecule has 0 saturated heterocycles. The molecule has 0 amide bonds. The third-order valence-corrected chi connectivity index (χ3v) is 7.39. The van der Waals surface area contributed by atoms with E-state index < -0.39 is 0 Å². The Labute approximate surface area is 139 Å². The summed E-state index contributed by atoms with van der Waals surface area (Å²) in [5.41, 5.74) is 11.8. The van der Waals surface area contributed by atoms with Gasteiger partial charge < -0.3 is 11.5 Å². The largest absolute Gasteiger partial charge is 0.370 e. The van der Waals surface area contributed by atoms with Gasteiger partial charge in [-0.3, -0.25) is 4.99 Å². The van der Waals surface area contributed by atoms with Gasteiger partial charge in [-0.1, -0.05) is 60.7 Å². The van der Waals surface area contributed by atoms with Crippen LogP contribution in [0.15, 0.2) is 65.7 Å². The SMILES string of the molecule is NC(N)=NC1CCC(P(c2ccccc2)c2ccccc2)CC1. The van der Waals surface area contributed by atoms with E-state index in [1.807, 2.05) is 0 Å². The highest BCUT2D eigenvalue weighted by Gasteiger charge is 2.29. The van der Waals surface area contributed by atoms with Gasteiger partial charge in [0.05, 0.1) is 6.04 Å². The Hall–Kier alpha value is -1.86. The summed E-state index contributed by atoms with van der Waals surface area (Å²) in [7, 11) is -0.319. The van der Waals surface area contributed by atoms with E-state index in [2.05, 4.69) is 65.7 Å². The van der Waals surface area contributed by atoms with Crippen molar-refractivity contribution in [2.24, 2.45) is 16.5 Å². The smallest absolute Gasteiger partial charge is 0.186 e. The molecule has 120 valence electrons. The summed E-state index contributed by atoms with van der Waals surface area (Å²) in [6.07, 6.45) is 4.55. The van der Waals surface area contributed by atoms with Gasteiger partial charge >= 0.3 is 0 Å². The molecular weight excluding hydrogens is 301 g/mol. The van der Waals surface area contributed by atoms with Crippen molar-refractivity contribution in [3.63, 3.8) is 0 Å². The second-order valence-electron chi connectivity index (χ2n) is 6.06. The number of hydrogen-bond donors (Lipinski definition) is 2. The van der Waals surface area contributed by atoms with Crippen LogP contribution in [0.25, 0.3) is 0 Å². The third-order valence-electron chi connectivity index (χ3n) is 4.43. The molecule has 1 saturated carbocycles. The van der Waals surface area contributed by atoms with E-state index in [1.54, 1.807) is 0 Å². The Kier molecular flexibility index (Phi) is 5.30. The second kappa shape index (κ2) is 7.61. The van der Waals surface area contributed by atoms with Crippen molar-refractivity contribution in [3.05, 3.63) is 60.7 Å².